The minimum Gasteiger partial charge on any atom is -0.396 e. The minimum absolute atomic E-state index is 0.0648. The van der Waals surface area contributed by atoms with Gasteiger partial charge in [-0.25, -0.2) is 0 Å². The van der Waals surface area contributed by atoms with Crippen molar-refractivity contribution in [3.05, 3.63) is 34.4 Å². The fourth-order valence-corrected chi connectivity index (χ4v) is 2.54. The molecular formula is C14H15BrN2O2. The average Bonchev–Trinajstić information content (AvgIpc) is 3.07. The van der Waals surface area contributed by atoms with E-state index in [-0.39, 0.29) is 17.9 Å². The van der Waals surface area contributed by atoms with Crippen LogP contribution in [0.15, 0.2) is 28.7 Å². The van der Waals surface area contributed by atoms with Gasteiger partial charge in [-0.2, -0.15) is 0 Å². The van der Waals surface area contributed by atoms with Gasteiger partial charge < -0.3 is 15.4 Å². The molecule has 1 heterocycles. The fraction of sp³-hybridized carbons (Fsp3) is 0.357. The summed E-state index contributed by atoms with van der Waals surface area (Å²) in [7, 11) is 0. The summed E-state index contributed by atoms with van der Waals surface area (Å²) in [6.07, 6.45) is 1.98. The Balaban J connectivity index is 1.74. The molecule has 0 unspecified atom stereocenters. The zero-order valence-corrected chi connectivity index (χ0v) is 12.0. The molecule has 0 bridgehead atoms. The second kappa shape index (κ2) is 4.65. The minimum atomic E-state index is -0.118. The lowest BCUT2D eigenvalue weighted by molar-refractivity contribution is 0.0931. The van der Waals surface area contributed by atoms with E-state index < -0.39 is 0 Å². The van der Waals surface area contributed by atoms with E-state index in [4.69, 9.17) is 0 Å². The fourth-order valence-electron chi connectivity index (χ4n) is 2.16. The van der Waals surface area contributed by atoms with Gasteiger partial charge in [0.15, 0.2) is 0 Å². The number of halogens is 1. The van der Waals surface area contributed by atoms with Crippen molar-refractivity contribution in [3.8, 4) is 0 Å². The molecule has 1 aromatic heterocycles. The molecule has 0 atom stereocenters. The number of fused-ring (bicyclic) bond motifs is 1. The largest absolute Gasteiger partial charge is 0.396 e. The number of aliphatic hydroxyl groups excluding tert-OH is 1. The van der Waals surface area contributed by atoms with Crippen LogP contribution in [0.2, 0.25) is 0 Å². The van der Waals surface area contributed by atoms with Crippen LogP contribution in [0, 0.1) is 5.41 Å². The van der Waals surface area contributed by atoms with Crippen LogP contribution in [0.4, 0.5) is 0 Å². The summed E-state index contributed by atoms with van der Waals surface area (Å²) in [5, 5.41) is 13.1. The third-order valence-electron chi connectivity index (χ3n) is 3.74. The molecule has 100 valence electrons. The van der Waals surface area contributed by atoms with Crippen LogP contribution in [-0.2, 0) is 0 Å². The van der Waals surface area contributed by atoms with Crippen LogP contribution >= 0.6 is 15.9 Å². The highest BCUT2D eigenvalue weighted by Crippen LogP contribution is 2.44. The maximum absolute atomic E-state index is 12.1. The van der Waals surface area contributed by atoms with Crippen molar-refractivity contribution in [2.24, 2.45) is 5.41 Å². The van der Waals surface area contributed by atoms with E-state index in [2.05, 4.69) is 26.2 Å². The molecule has 4 nitrogen and oxygen atoms in total. The maximum Gasteiger partial charge on any atom is 0.267 e. The number of benzene rings is 1. The van der Waals surface area contributed by atoms with Gasteiger partial charge in [0.1, 0.15) is 5.69 Å². The van der Waals surface area contributed by atoms with Gasteiger partial charge >= 0.3 is 0 Å². The predicted octanol–water partition coefficient (Wildman–Crippen LogP) is 2.43. The molecule has 3 rings (SSSR count). The first-order valence-electron chi connectivity index (χ1n) is 6.29. The van der Waals surface area contributed by atoms with Crippen molar-refractivity contribution in [1.29, 1.82) is 0 Å². The molecule has 1 aliphatic carbocycles. The third-order valence-corrected chi connectivity index (χ3v) is 4.24. The van der Waals surface area contributed by atoms with Crippen molar-refractivity contribution in [3.63, 3.8) is 0 Å². The quantitative estimate of drug-likeness (QED) is 0.809. The number of nitrogens with one attached hydrogen (secondary N) is 2. The first-order chi connectivity index (χ1) is 9.12. The van der Waals surface area contributed by atoms with E-state index >= 15 is 0 Å². The molecule has 19 heavy (non-hydrogen) atoms. The van der Waals surface area contributed by atoms with E-state index in [9.17, 15) is 9.90 Å². The Morgan fingerprint density at radius 2 is 2.21 bits per heavy atom. The topological polar surface area (TPSA) is 65.1 Å². The lowest BCUT2D eigenvalue weighted by Crippen LogP contribution is -2.32. The number of hydrogen-bond acceptors (Lipinski definition) is 2. The highest BCUT2D eigenvalue weighted by Gasteiger charge is 2.42. The first-order valence-corrected chi connectivity index (χ1v) is 7.09. The number of carbonyl (C=O) groups excluding carboxylic acids is 1. The Kier molecular flexibility index (Phi) is 3.11. The molecule has 1 aromatic carbocycles. The Bertz CT molecular complexity index is 631. The van der Waals surface area contributed by atoms with Gasteiger partial charge in [-0.3, -0.25) is 4.79 Å². The van der Waals surface area contributed by atoms with Crippen LogP contribution in [0.3, 0.4) is 0 Å². The number of H-pyrrole nitrogens is 1. The molecule has 0 aliphatic heterocycles. The maximum atomic E-state index is 12.1. The summed E-state index contributed by atoms with van der Waals surface area (Å²) >= 11 is 3.41. The number of aliphatic hydroxyl groups is 1. The SMILES string of the molecule is O=C(NCC1(CO)CC1)c1cc2cc(Br)ccc2[nH]1. The molecule has 0 saturated heterocycles. The van der Waals surface area contributed by atoms with Crippen molar-refractivity contribution >= 4 is 32.7 Å². The highest BCUT2D eigenvalue weighted by atomic mass is 79.9. The van der Waals surface area contributed by atoms with Gasteiger partial charge in [0.2, 0.25) is 0 Å². The number of rotatable bonds is 4. The van der Waals surface area contributed by atoms with E-state index in [0.29, 0.717) is 12.2 Å². The van der Waals surface area contributed by atoms with Crippen molar-refractivity contribution in [2.45, 2.75) is 12.8 Å². The Morgan fingerprint density at radius 3 is 2.89 bits per heavy atom. The molecule has 1 aliphatic rings. The zero-order chi connectivity index (χ0) is 13.5. The predicted molar refractivity (Wildman–Crippen MR) is 77.1 cm³/mol. The van der Waals surface area contributed by atoms with E-state index in [1.807, 2.05) is 24.3 Å². The smallest absolute Gasteiger partial charge is 0.267 e. The summed E-state index contributed by atoms with van der Waals surface area (Å²) in [4.78, 5) is 15.2. The molecule has 2 aromatic rings. The number of aromatic amines is 1. The summed E-state index contributed by atoms with van der Waals surface area (Å²) < 4.78 is 0.989. The molecule has 0 spiro atoms. The number of aromatic nitrogens is 1. The van der Waals surface area contributed by atoms with Crippen LogP contribution in [0.25, 0.3) is 10.9 Å². The third kappa shape index (κ3) is 2.53. The monoisotopic (exact) mass is 322 g/mol. The highest BCUT2D eigenvalue weighted by molar-refractivity contribution is 9.10. The lowest BCUT2D eigenvalue weighted by Gasteiger charge is -2.11. The summed E-state index contributed by atoms with van der Waals surface area (Å²) in [5.74, 6) is -0.118. The van der Waals surface area contributed by atoms with Crippen LogP contribution in [0.5, 0.6) is 0 Å². The molecule has 3 N–H and O–H groups in total. The van der Waals surface area contributed by atoms with Crippen molar-refractivity contribution < 1.29 is 9.90 Å². The van der Waals surface area contributed by atoms with E-state index in [1.165, 1.54) is 0 Å². The zero-order valence-electron chi connectivity index (χ0n) is 10.4. The molecular weight excluding hydrogens is 308 g/mol. The number of carbonyl (C=O) groups is 1. The normalized spacial score (nSPS) is 16.5. The van der Waals surface area contributed by atoms with Crippen molar-refractivity contribution in [1.82, 2.24) is 10.3 Å². The number of amides is 1. The van der Waals surface area contributed by atoms with Gasteiger partial charge in [0, 0.05) is 27.3 Å². The molecule has 1 fully saturated rings. The molecule has 0 radical (unpaired) electrons. The molecule has 5 heteroatoms. The van der Waals surface area contributed by atoms with E-state index in [1.54, 1.807) is 0 Å². The van der Waals surface area contributed by atoms with Crippen LogP contribution < -0.4 is 5.32 Å². The van der Waals surface area contributed by atoms with Crippen molar-refractivity contribution in [2.75, 3.05) is 13.2 Å². The van der Waals surface area contributed by atoms with Gasteiger partial charge in [-0.1, -0.05) is 15.9 Å². The van der Waals surface area contributed by atoms with Gasteiger partial charge in [-0.15, -0.1) is 0 Å². The first kappa shape index (κ1) is 12.7. The van der Waals surface area contributed by atoms with Gasteiger partial charge in [0.25, 0.3) is 5.91 Å². The second-order valence-electron chi connectivity index (χ2n) is 5.26. The van der Waals surface area contributed by atoms with Gasteiger partial charge in [-0.05, 0) is 37.1 Å². The Morgan fingerprint density at radius 1 is 1.42 bits per heavy atom. The molecule has 1 amide bonds. The van der Waals surface area contributed by atoms with Crippen LogP contribution in [0.1, 0.15) is 23.3 Å². The second-order valence-corrected chi connectivity index (χ2v) is 6.17. The average molecular weight is 323 g/mol. The molecule has 1 saturated carbocycles. The lowest BCUT2D eigenvalue weighted by atomic mass is 10.1. The Labute approximate surface area is 119 Å². The van der Waals surface area contributed by atoms with Gasteiger partial charge in [0.05, 0.1) is 6.61 Å². The van der Waals surface area contributed by atoms with E-state index in [0.717, 1.165) is 28.2 Å². The Hall–Kier alpha value is -1.33. The summed E-state index contributed by atoms with van der Waals surface area (Å²) in [5.41, 5.74) is 1.43. The standard InChI is InChI=1S/C14H15BrN2O2/c15-10-1-2-11-9(5-10)6-12(17-11)13(19)16-7-14(8-18)3-4-14/h1-2,5-6,17-18H,3-4,7-8H2,(H,16,19). The number of hydrogen-bond donors (Lipinski definition) is 3. The van der Waals surface area contributed by atoms with Crippen LogP contribution in [-0.4, -0.2) is 29.1 Å². The summed E-state index contributed by atoms with van der Waals surface area (Å²) in [6, 6.07) is 7.68. The summed E-state index contributed by atoms with van der Waals surface area (Å²) in [6.45, 7) is 0.689.